The smallest absolute Gasteiger partial charge is 0.251 e. The van der Waals surface area contributed by atoms with Crippen molar-refractivity contribution in [3.63, 3.8) is 0 Å². The number of aromatic nitrogens is 2. The van der Waals surface area contributed by atoms with Gasteiger partial charge in [0.2, 0.25) is 5.75 Å². The minimum Gasteiger partial charge on any atom is -0.493 e. The van der Waals surface area contributed by atoms with Crippen molar-refractivity contribution in [3.8, 4) is 23.0 Å². The maximum atomic E-state index is 12.9. The standard InChI is InChI=1S/C30H35N3O5/c1-20(2)22-10-6-9-13-25(22)38-17-16-33-24-12-8-7-11-23(24)32-28(33)14-15-31-30(34)21-18-26(35-3)29(37-5)27(19-21)36-4/h6-13,18-20H,14-17H2,1-5H3,(H,31,34). The number of rotatable bonds is 12. The highest BCUT2D eigenvalue weighted by Crippen LogP contribution is 2.38. The van der Waals surface area contributed by atoms with Gasteiger partial charge in [0.05, 0.1) is 38.9 Å². The van der Waals surface area contributed by atoms with Crippen LogP contribution in [-0.2, 0) is 13.0 Å². The quantitative estimate of drug-likeness (QED) is 0.277. The van der Waals surface area contributed by atoms with Crippen molar-refractivity contribution in [3.05, 3.63) is 77.6 Å². The SMILES string of the molecule is COc1cc(C(=O)NCCc2nc3ccccc3n2CCOc2ccccc2C(C)C)cc(OC)c1OC. The lowest BCUT2D eigenvalue weighted by atomic mass is 10.0. The molecule has 4 aromatic rings. The van der Waals surface area contributed by atoms with Gasteiger partial charge in [-0.3, -0.25) is 4.79 Å². The average Bonchev–Trinajstić information content (AvgIpc) is 3.29. The van der Waals surface area contributed by atoms with Crippen LogP contribution in [0.4, 0.5) is 0 Å². The molecule has 0 spiro atoms. The summed E-state index contributed by atoms with van der Waals surface area (Å²) in [5.41, 5.74) is 3.57. The van der Waals surface area contributed by atoms with Gasteiger partial charge in [-0.05, 0) is 41.8 Å². The molecule has 8 heteroatoms. The van der Waals surface area contributed by atoms with E-state index >= 15 is 0 Å². The molecule has 3 aromatic carbocycles. The van der Waals surface area contributed by atoms with Crippen LogP contribution in [-0.4, -0.2) is 49.9 Å². The lowest BCUT2D eigenvalue weighted by Crippen LogP contribution is -2.27. The number of methoxy groups -OCH3 is 3. The Morgan fingerprint density at radius 2 is 1.61 bits per heavy atom. The van der Waals surface area contributed by atoms with Crippen LogP contribution < -0.4 is 24.3 Å². The third kappa shape index (κ3) is 5.85. The van der Waals surface area contributed by atoms with E-state index in [4.69, 9.17) is 23.9 Å². The summed E-state index contributed by atoms with van der Waals surface area (Å²) in [7, 11) is 4.57. The van der Waals surface area contributed by atoms with Crippen LogP contribution >= 0.6 is 0 Å². The third-order valence-electron chi connectivity index (χ3n) is 6.41. The van der Waals surface area contributed by atoms with Gasteiger partial charge in [0.15, 0.2) is 11.5 Å². The number of fused-ring (bicyclic) bond motifs is 1. The molecule has 0 aliphatic rings. The molecule has 0 unspecified atom stereocenters. The summed E-state index contributed by atoms with van der Waals surface area (Å²) in [4.78, 5) is 17.8. The zero-order valence-corrected chi connectivity index (χ0v) is 22.6. The average molecular weight is 518 g/mol. The molecule has 1 aromatic heterocycles. The predicted octanol–water partition coefficient (Wildman–Crippen LogP) is 5.24. The number of imidazole rings is 1. The van der Waals surface area contributed by atoms with Crippen LogP contribution in [0.15, 0.2) is 60.7 Å². The summed E-state index contributed by atoms with van der Waals surface area (Å²) in [6.07, 6.45) is 0.563. The third-order valence-corrected chi connectivity index (χ3v) is 6.41. The van der Waals surface area contributed by atoms with Crippen molar-refractivity contribution in [1.82, 2.24) is 14.9 Å². The molecular formula is C30H35N3O5. The first kappa shape index (κ1) is 26.9. The monoisotopic (exact) mass is 517 g/mol. The molecule has 1 heterocycles. The largest absolute Gasteiger partial charge is 0.493 e. The number of para-hydroxylation sites is 3. The molecule has 38 heavy (non-hydrogen) atoms. The Kier molecular flexibility index (Phi) is 8.73. The molecule has 0 aliphatic carbocycles. The minimum atomic E-state index is -0.236. The van der Waals surface area contributed by atoms with Gasteiger partial charge >= 0.3 is 0 Å². The Labute approximate surface area is 223 Å². The summed E-state index contributed by atoms with van der Waals surface area (Å²) in [6, 6.07) is 19.5. The fraction of sp³-hybridized carbons (Fsp3) is 0.333. The molecule has 0 bridgehead atoms. The van der Waals surface area contributed by atoms with Gasteiger partial charge < -0.3 is 28.8 Å². The van der Waals surface area contributed by atoms with Gasteiger partial charge in [-0.1, -0.05) is 44.2 Å². The first-order valence-electron chi connectivity index (χ1n) is 12.7. The van der Waals surface area contributed by atoms with E-state index in [0.717, 1.165) is 22.6 Å². The molecule has 4 rings (SSSR count). The molecule has 0 saturated carbocycles. The van der Waals surface area contributed by atoms with Crippen LogP contribution in [0.25, 0.3) is 11.0 Å². The summed E-state index contributed by atoms with van der Waals surface area (Å²) < 4.78 is 24.4. The molecule has 1 N–H and O–H groups in total. The van der Waals surface area contributed by atoms with Gasteiger partial charge in [-0.15, -0.1) is 0 Å². The van der Waals surface area contributed by atoms with Crippen LogP contribution in [0, 0.1) is 0 Å². The molecular weight excluding hydrogens is 482 g/mol. The van der Waals surface area contributed by atoms with Gasteiger partial charge in [-0.25, -0.2) is 4.98 Å². The Balaban J connectivity index is 1.46. The maximum absolute atomic E-state index is 12.9. The molecule has 1 amide bonds. The zero-order valence-electron chi connectivity index (χ0n) is 22.6. The van der Waals surface area contributed by atoms with Gasteiger partial charge in [0.1, 0.15) is 18.2 Å². The van der Waals surface area contributed by atoms with Crippen molar-refractivity contribution in [2.75, 3.05) is 34.5 Å². The van der Waals surface area contributed by atoms with Crippen molar-refractivity contribution in [2.45, 2.75) is 32.7 Å². The van der Waals surface area contributed by atoms with E-state index in [0.29, 0.717) is 54.8 Å². The molecule has 0 radical (unpaired) electrons. The Bertz CT molecular complexity index is 1370. The van der Waals surface area contributed by atoms with E-state index < -0.39 is 0 Å². The lowest BCUT2D eigenvalue weighted by Gasteiger charge is -2.15. The van der Waals surface area contributed by atoms with E-state index in [2.05, 4.69) is 35.9 Å². The second-order valence-corrected chi connectivity index (χ2v) is 9.13. The highest BCUT2D eigenvalue weighted by Gasteiger charge is 2.17. The predicted molar refractivity (Wildman–Crippen MR) is 148 cm³/mol. The Morgan fingerprint density at radius 3 is 2.29 bits per heavy atom. The van der Waals surface area contributed by atoms with E-state index in [1.807, 2.05) is 36.4 Å². The van der Waals surface area contributed by atoms with E-state index in [9.17, 15) is 4.79 Å². The first-order valence-corrected chi connectivity index (χ1v) is 12.7. The van der Waals surface area contributed by atoms with Crippen molar-refractivity contribution >= 4 is 16.9 Å². The molecule has 8 nitrogen and oxygen atoms in total. The Hall–Kier alpha value is -4.20. The van der Waals surface area contributed by atoms with Gasteiger partial charge in [0, 0.05) is 18.5 Å². The number of amides is 1. The topological polar surface area (TPSA) is 83.8 Å². The van der Waals surface area contributed by atoms with E-state index in [1.165, 1.54) is 26.9 Å². The minimum absolute atomic E-state index is 0.236. The summed E-state index contributed by atoms with van der Waals surface area (Å²) in [5, 5.41) is 2.99. The van der Waals surface area contributed by atoms with E-state index in [-0.39, 0.29) is 5.91 Å². The van der Waals surface area contributed by atoms with Crippen molar-refractivity contribution in [2.24, 2.45) is 0 Å². The summed E-state index contributed by atoms with van der Waals surface area (Å²) >= 11 is 0. The molecule has 0 fully saturated rings. The number of hydrogen-bond donors (Lipinski definition) is 1. The van der Waals surface area contributed by atoms with Crippen LogP contribution in [0.1, 0.15) is 41.5 Å². The first-order chi connectivity index (χ1) is 18.5. The van der Waals surface area contributed by atoms with Gasteiger partial charge in [0.25, 0.3) is 5.91 Å². The number of hydrogen-bond acceptors (Lipinski definition) is 6. The molecule has 200 valence electrons. The number of carbonyl (C=O) groups is 1. The fourth-order valence-electron chi connectivity index (χ4n) is 4.50. The molecule has 0 aliphatic heterocycles. The fourth-order valence-corrected chi connectivity index (χ4v) is 4.50. The summed E-state index contributed by atoms with van der Waals surface area (Å²) in [5.74, 6) is 3.24. The van der Waals surface area contributed by atoms with Gasteiger partial charge in [-0.2, -0.15) is 0 Å². The Morgan fingerprint density at radius 1 is 0.921 bits per heavy atom. The second-order valence-electron chi connectivity index (χ2n) is 9.13. The maximum Gasteiger partial charge on any atom is 0.251 e. The number of nitrogens with one attached hydrogen (secondary N) is 1. The second kappa shape index (κ2) is 12.4. The van der Waals surface area contributed by atoms with E-state index in [1.54, 1.807) is 12.1 Å². The molecule has 0 saturated heterocycles. The zero-order chi connectivity index (χ0) is 27.1. The normalized spacial score (nSPS) is 11.0. The highest BCUT2D eigenvalue weighted by atomic mass is 16.5. The summed E-state index contributed by atoms with van der Waals surface area (Å²) in [6.45, 7) is 5.89. The lowest BCUT2D eigenvalue weighted by molar-refractivity contribution is 0.0953. The van der Waals surface area contributed by atoms with Crippen molar-refractivity contribution < 1.29 is 23.7 Å². The highest BCUT2D eigenvalue weighted by molar-refractivity contribution is 5.95. The number of carbonyl (C=O) groups excluding carboxylic acids is 1. The number of benzene rings is 3. The number of ether oxygens (including phenoxy) is 4. The van der Waals surface area contributed by atoms with Crippen LogP contribution in [0.5, 0.6) is 23.0 Å². The van der Waals surface area contributed by atoms with Crippen LogP contribution in [0.3, 0.4) is 0 Å². The van der Waals surface area contributed by atoms with Crippen molar-refractivity contribution in [1.29, 1.82) is 0 Å². The number of nitrogens with zero attached hydrogens (tertiary/aromatic N) is 2. The molecule has 0 atom stereocenters. The van der Waals surface area contributed by atoms with Crippen LogP contribution in [0.2, 0.25) is 0 Å².